The molecule has 2 aliphatic rings. The first-order chi connectivity index (χ1) is 13.9. The van der Waals surface area contributed by atoms with Gasteiger partial charge in [-0.2, -0.15) is 0 Å². The normalized spacial score (nSPS) is 29.5. The second-order valence-corrected chi connectivity index (χ2v) is 8.31. The lowest BCUT2D eigenvalue weighted by Crippen LogP contribution is -2.49. The Balaban J connectivity index is 2.36. The monoisotopic (exact) mass is 407 g/mol. The van der Waals surface area contributed by atoms with Crippen LogP contribution in [0.15, 0.2) is 12.2 Å². The first-order valence-electron chi connectivity index (χ1n) is 11.0. The molecule has 3 N–H and O–H groups in total. The molecule has 1 heterocycles. The van der Waals surface area contributed by atoms with Gasteiger partial charge < -0.3 is 20.6 Å². The summed E-state index contributed by atoms with van der Waals surface area (Å²) in [5.41, 5.74) is 0. The molecular weight excluding hydrogens is 370 g/mol. The topological polar surface area (TPSA) is 98.7 Å². The smallest absolute Gasteiger partial charge is 0.243 e. The number of aliphatic hydroxyl groups excluding tert-OH is 1. The van der Waals surface area contributed by atoms with Gasteiger partial charge in [-0.05, 0) is 38.5 Å². The molecule has 164 valence electrons. The quantitative estimate of drug-likeness (QED) is 0.377. The van der Waals surface area contributed by atoms with E-state index in [1.54, 1.807) is 11.9 Å². The molecule has 0 aromatic carbocycles. The number of allylic oxidation sites excluding steroid dienone is 1. The van der Waals surface area contributed by atoms with E-state index in [1.807, 2.05) is 26.0 Å². The van der Waals surface area contributed by atoms with Crippen molar-refractivity contribution >= 4 is 17.7 Å². The van der Waals surface area contributed by atoms with Gasteiger partial charge >= 0.3 is 0 Å². The largest absolute Gasteiger partial charge is 0.396 e. The first kappa shape index (κ1) is 23.4. The zero-order chi connectivity index (χ0) is 21.6. The maximum absolute atomic E-state index is 13.4. The summed E-state index contributed by atoms with van der Waals surface area (Å²) in [7, 11) is 1.59. The van der Waals surface area contributed by atoms with Crippen LogP contribution in [0.2, 0.25) is 0 Å². The molecule has 0 radical (unpaired) electrons. The van der Waals surface area contributed by atoms with Crippen LogP contribution in [0, 0.1) is 23.7 Å². The van der Waals surface area contributed by atoms with Crippen LogP contribution in [-0.2, 0) is 14.4 Å². The molecule has 0 aromatic heterocycles. The van der Waals surface area contributed by atoms with Gasteiger partial charge in [-0.15, -0.1) is 0 Å². The molecule has 1 unspecified atom stereocenters. The third-order valence-corrected chi connectivity index (χ3v) is 6.32. The van der Waals surface area contributed by atoms with Crippen LogP contribution < -0.4 is 10.6 Å². The van der Waals surface area contributed by atoms with Gasteiger partial charge in [-0.3, -0.25) is 14.4 Å². The molecule has 3 amide bonds. The molecular formula is C22H37N3O4. The highest BCUT2D eigenvalue weighted by Gasteiger charge is 2.56. The number of carbonyl (C=O) groups is 3. The van der Waals surface area contributed by atoms with E-state index in [9.17, 15) is 14.4 Å². The standard InChI is InChI=1S/C22H37N3O4/c1-5-9-14(3)24-21(28)19-16-11-10-15(6-2)17(20(27)23-4)18(16)22(29)25(19)12-7-8-13-26/h10-11,14-19,26H,5-9,12-13H2,1-4H3,(H,23,27)(H,24,28)/t14?,15-,16+,17-,18-,19+/m1/s1. The molecule has 0 bridgehead atoms. The fourth-order valence-electron chi connectivity index (χ4n) is 4.88. The molecule has 0 spiro atoms. The molecule has 6 atom stereocenters. The minimum Gasteiger partial charge on any atom is -0.396 e. The number of nitrogens with one attached hydrogen (secondary N) is 2. The number of fused-ring (bicyclic) bond motifs is 1. The van der Waals surface area contributed by atoms with Crippen molar-refractivity contribution in [2.75, 3.05) is 20.2 Å². The van der Waals surface area contributed by atoms with E-state index in [2.05, 4.69) is 17.6 Å². The fourth-order valence-corrected chi connectivity index (χ4v) is 4.88. The third kappa shape index (κ3) is 5.00. The number of unbranched alkanes of at least 4 members (excludes halogenated alkanes) is 1. The van der Waals surface area contributed by atoms with E-state index in [0.717, 1.165) is 19.3 Å². The van der Waals surface area contributed by atoms with Crippen LogP contribution in [0.25, 0.3) is 0 Å². The van der Waals surface area contributed by atoms with Crippen LogP contribution >= 0.6 is 0 Å². The molecule has 2 rings (SSSR count). The number of carbonyl (C=O) groups excluding carboxylic acids is 3. The summed E-state index contributed by atoms with van der Waals surface area (Å²) in [5, 5.41) is 14.9. The SMILES string of the molecule is CCCC(C)NC(=O)[C@@H]1[C@H]2C=C[C@@H](CC)[C@@H](C(=O)NC)[C@@H]2C(=O)N1CCCCO. The molecule has 1 aliphatic heterocycles. The van der Waals surface area contributed by atoms with Crippen molar-refractivity contribution < 1.29 is 19.5 Å². The average molecular weight is 408 g/mol. The molecule has 29 heavy (non-hydrogen) atoms. The van der Waals surface area contributed by atoms with E-state index < -0.39 is 17.9 Å². The van der Waals surface area contributed by atoms with Gasteiger partial charge in [0, 0.05) is 32.2 Å². The zero-order valence-electron chi connectivity index (χ0n) is 18.2. The molecule has 1 fully saturated rings. The first-order valence-corrected chi connectivity index (χ1v) is 11.0. The molecule has 0 aromatic rings. The van der Waals surface area contributed by atoms with E-state index in [0.29, 0.717) is 19.4 Å². The van der Waals surface area contributed by atoms with E-state index in [4.69, 9.17) is 5.11 Å². The van der Waals surface area contributed by atoms with Crippen molar-refractivity contribution in [3.05, 3.63) is 12.2 Å². The van der Waals surface area contributed by atoms with Crippen molar-refractivity contribution in [2.24, 2.45) is 23.7 Å². The van der Waals surface area contributed by atoms with Gasteiger partial charge in [0.15, 0.2) is 0 Å². The van der Waals surface area contributed by atoms with Gasteiger partial charge in [0.25, 0.3) is 0 Å². The highest BCUT2D eigenvalue weighted by Crippen LogP contribution is 2.44. The van der Waals surface area contributed by atoms with Gasteiger partial charge in [0.2, 0.25) is 17.7 Å². The lowest BCUT2D eigenvalue weighted by atomic mass is 9.69. The lowest BCUT2D eigenvalue weighted by molar-refractivity contribution is -0.141. The Morgan fingerprint density at radius 3 is 2.52 bits per heavy atom. The van der Waals surface area contributed by atoms with Crippen LogP contribution in [0.4, 0.5) is 0 Å². The zero-order valence-corrected chi connectivity index (χ0v) is 18.2. The summed E-state index contributed by atoms with van der Waals surface area (Å²) in [6.45, 7) is 6.53. The van der Waals surface area contributed by atoms with Crippen molar-refractivity contribution in [1.82, 2.24) is 15.5 Å². The molecule has 0 saturated carbocycles. The Kier molecular flexibility index (Phi) is 8.68. The van der Waals surface area contributed by atoms with E-state index in [-0.39, 0.29) is 42.2 Å². The number of aliphatic hydroxyl groups is 1. The number of amides is 3. The van der Waals surface area contributed by atoms with E-state index >= 15 is 0 Å². The highest BCUT2D eigenvalue weighted by molar-refractivity contribution is 5.96. The van der Waals surface area contributed by atoms with Crippen molar-refractivity contribution in [3.63, 3.8) is 0 Å². The second-order valence-electron chi connectivity index (χ2n) is 8.31. The fraction of sp³-hybridized carbons (Fsp3) is 0.773. The second kappa shape index (κ2) is 10.8. The highest BCUT2D eigenvalue weighted by atomic mass is 16.3. The summed E-state index contributed by atoms with van der Waals surface area (Å²) in [5.74, 6) is -1.70. The average Bonchev–Trinajstić information content (AvgIpc) is 2.99. The maximum Gasteiger partial charge on any atom is 0.243 e. The number of nitrogens with zero attached hydrogens (tertiary/aromatic N) is 1. The summed E-state index contributed by atoms with van der Waals surface area (Å²) in [4.78, 5) is 40.9. The number of hydrogen-bond donors (Lipinski definition) is 3. The molecule has 1 saturated heterocycles. The van der Waals surface area contributed by atoms with E-state index in [1.165, 1.54) is 0 Å². The minimum absolute atomic E-state index is 0.0136. The Morgan fingerprint density at radius 1 is 1.21 bits per heavy atom. The Hall–Kier alpha value is -1.89. The lowest BCUT2D eigenvalue weighted by Gasteiger charge is -2.34. The van der Waals surface area contributed by atoms with Gasteiger partial charge in [0.05, 0.1) is 11.8 Å². The van der Waals surface area contributed by atoms with Gasteiger partial charge in [0.1, 0.15) is 6.04 Å². The van der Waals surface area contributed by atoms with Crippen molar-refractivity contribution in [1.29, 1.82) is 0 Å². The summed E-state index contributed by atoms with van der Waals surface area (Å²) >= 11 is 0. The number of hydrogen-bond acceptors (Lipinski definition) is 4. The van der Waals surface area contributed by atoms with Gasteiger partial charge in [-0.1, -0.05) is 32.4 Å². The van der Waals surface area contributed by atoms with Crippen molar-refractivity contribution in [3.8, 4) is 0 Å². The van der Waals surface area contributed by atoms with Gasteiger partial charge in [-0.25, -0.2) is 0 Å². The van der Waals surface area contributed by atoms with Crippen molar-refractivity contribution in [2.45, 2.75) is 65.0 Å². The Labute approximate surface area is 174 Å². The van der Waals surface area contributed by atoms with Crippen LogP contribution in [-0.4, -0.2) is 60.0 Å². The maximum atomic E-state index is 13.4. The van der Waals surface area contributed by atoms with Crippen LogP contribution in [0.1, 0.15) is 52.9 Å². The van der Waals surface area contributed by atoms with Crippen LogP contribution in [0.5, 0.6) is 0 Å². The Bertz CT molecular complexity index is 621. The summed E-state index contributed by atoms with van der Waals surface area (Å²) < 4.78 is 0. The number of likely N-dealkylation sites (tertiary alicyclic amines) is 1. The summed E-state index contributed by atoms with van der Waals surface area (Å²) in [6, 6.07) is -0.571. The number of rotatable bonds is 10. The molecule has 1 aliphatic carbocycles. The molecule has 7 nitrogen and oxygen atoms in total. The predicted octanol–water partition coefficient (Wildman–Crippen LogP) is 1.47. The predicted molar refractivity (Wildman–Crippen MR) is 112 cm³/mol. The third-order valence-electron chi connectivity index (χ3n) is 6.32. The molecule has 7 heteroatoms. The minimum atomic E-state index is -0.605. The van der Waals surface area contributed by atoms with Crippen LogP contribution in [0.3, 0.4) is 0 Å². The Morgan fingerprint density at radius 2 is 1.93 bits per heavy atom. The summed E-state index contributed by atoms with van der Waals surface area (Å²) in [6.07, 6.45) is 7.81.